The van der Waals surface area contributed by atoms with Crippen LogP contribution in [0.4, 0.5) is 5.69 Å². The summed E-state index contributed by atoms with van der Waals surface area (Å²) in [5, 5.41) is 2.65. The second-order valence-corrected chi connectivity index (χ2v) is 8.66. The lowest BCUT2D eigenvalue weighted by Crippen LogP contribution is -2.30. The Morgan fingerprint density at radius 2 is 1.76 bits per heavy atom. The van der Waals surface area contributed by atoms with Crippen LogP contribution < -0.4 is 14.8 Å². The van der Waals surface area contributed by atoms with Gasteiger partial charge in [0.2, 0.25) is 0 Å². The van der Waals surface area contributed by atoms with Gasteiger partial charge < -0.3 is 19.5 Å². The lowest BCUT2D eigenvalue weighted by atomic mass is 10.1. The molecule has 1 N–H and O–H groups in total. The molecule has 1 amide bonds. The molecule has 0 spiro atoms. The molecule has 8 nitrogen and oxygen atoms in total. The minimum absolute atomic E-state index is 0.00318. The number of ether oxygens (including phenoxy) is 3. The van der Waals surface area contributed by atoms with E-state index in [1.54, 1.807) is 25.1 Å². The van der Waals surface area contributed by atoms with E-state index in [2.05, 4.69) is 5.32 Å². The average molecular weight is 419 g/mol. The van der Waals surface area contributed by atoms with Crippen molar-refractivity contribution in [2.75, 3.05) is 24.8 Å². The Morgan fingerprint density at radius 3 is 2.45 bits per heavy atom. The molecule has 9 heteroatoms. The number of anilines is 1. The molecule has 3 rings (SSSR count). The van der Waals surface area contributed by atoms with Gasteiger partial charge in [0.15, 0.2) is 27.4 Å². The van der Waals surface area contributed by atoms with Crippen LogP contribution in [0.3, 0.4) is 0 Å². The van der Waals surface area contributed by atoms with Gasteiger partial charge in [-0.25, -0.2) is 13.2 Å². The fourth-order valence-electron chi connectivity index (χ4n) is 2.69. The lowest BCUT2D eigenvalue weighted by Gasteiger charge is -2.19. The van der Waals surface area contributed by atoms with Gasteiger partial charge in [-0.15, -0.1) is 0 Å². The third-order valence-electron chi connectivity index (χ3n) is 4.32. The highest BCUT2D eigenvalue weighted by atomic mass is 32.2. The van der Waals surface area contributed by atoms with E-state index in [1.807, 2.05) is 0 Å². The van der Waals surface area contributed by atoms with Gasteiger partial charge in [-0.05, 0) is 43.7 Å². The van der Waals surface area contributed by atoms with Crippen LogP contribution in [0.5, 0.6) is 11.5 Å². The maximum Gasteiger partial charge on any atom is 0.339 e. The minimum atomic E-state index is -3.48. The summed E-state index contributed by atoms with van der Waals surface area (Å²) >= 11 is 0. The van der Waals surface area contributed by atoms with Crippen LogP contribution in [-0.4, -0.2) is 45.9 Å². The molecule has 0 unspecified atom stereocenters. The number of hydrogen-bond acceptors (Lipinski definition) is 7. The van der Waals surface area contributed by atoms with Crippen molar-refractivity contribution in [3.05, 3.63) is 47.5 Å². The monoisotopic (exact) mass is 419 g/mol. The summed E-state index contributed by atoms with van der Waals surface area (Å²) in [5.41, 5.74) is 1.10. The zero-order valence-electron chi connectivity index (χ0n) is 16.2. The fourth-order valence-corrected chi connectivity index (χ4v) is 3.34. The molecule has 0 aliphatic carbocycles. The fraction of sp³-hybridized carbons (Fsp3) is 0.300. The number of benzene rings is 2. The molecule has 0 bridgehead atoms. The third-order valence-corrected chi connectivity index (χ3v) is 5.43. The maximum atomic E-state index is 12.5. The maximum absolute atomic E-state index is 12.5. The highest BCUT2D eigenvalue weighted by Gasteiger charge is 2.22. The van der Waals surface area contributed by atoms with Crippen molar-refractivity contribution in [1.82, 2.24) is 0 Å². The van der Waals surface area contributed by atoms with E-state index in [9.17, 15) is 18.0 Å². The van der Waals surface area contributed by atoms with E-state index in [1.165, 1.54) is 25.1 Å². The van der Waals surface area contributed by atoms with Crippen molar-refractivity contribution in [2.45, 2.75) is 24.8 Å². The Balaban J connectivity index is 1.69. The first-order valence-corrected chi connectivity index (χ1v) is 10.8. The van der Waals surface area contributed by atoms with Crippen LogP contribution in [0.15, 0.2) is 41.3 Å². The van der Waals surface area contributed by atoms with Crippen molar-refractivity contribution >= 4 is 27.4 Å². The van der Waals surface area contributed by atoms with Gasteiger partial charge in [-0.1, -0.05) is 6.07 Å². The predicted molar refractivity (Wildman–Crippen MR) is 105 cm³/mol. The van der Waals surface area contributed by atoms with Gasteiger partial charge in [-0.2, -0.15) is 0 Å². The van der Waals surface area contributed by atoms with Gasteiger partial charge in [0.25, 0.3) is 5.91 Å². The second kappa shape index (κ2) is 8.12. The molecule has 0 radical (unpaired) electrons. The number of fused-ring (bicyclic) bond motifs is 1. The minimum Gasteiger partial charge on any atom is -0.486 e. The number of amides is 1. The first-order chi connectivity index (χ1) is 13.6. The van der Waals surface area contributed by atoms with Crippen molar-refractivity contribution in [1.29, 1.82) is 0 Å². The molecule has 0 saturated carbocycles. The van der Waals surface area contributed by atoms with Crippen molar-refractivity contribution < 1.29 is 32.2 Å². The third kappa shape index (κ3) is 4.86. The van der Waals surface area contributed by atoms with Gasteiger partial charge in [0.1, 0.15) is 13.2 Å². The summed E-state index contributed by atoms with van der Waals surface area (Å²) in [5.74, 6) is -0.202. The first kappa shape index (κ1) is 20.7. The van der Waals surface area contributed by atoms with E-state index in [0.29, 0.717) is 36.0 Å². The first-order valence-electron chi connectivity index (χ1n) is 8.87. The van der Waals surface area contributed by atoms with Gasteiger partial charge in [0, 0.05) is 18.0 Å². The van der Waals surface area contributed by atoms with E-state index in [0.717, 1.165) is 6.26 Å². The SMILES string of the molecule is Cc1ccc(S(C)(=O)=O)cc1C(=O)O[C@H](C)C(=O)Nc1ccc2c(c1)OCCO2. The Morgan fingerprint density at radius 1 is 1.07 bits per heavy atom. The Bertz CT molecular complexity index is 1060. The highest BCUT2D eigenvalue weighted by molar-refractivity contribution is 7.90. The number of nitrogens with one attached hydrogen (secondary N) is 1. The molecule has 1 heterocycles. The van der Waals surface area contributed by atoms with Crippen LogP contribution in [0.1, 0.15) is 22.8 Å². The molecule has 0 fully saturated rings. The summed E-state index contributed by atoms with van der Waals surface area (Å²) in [4.78, 5) is 24.9. The Labute approximate surface area is 168 Å². The van der Waals surface area contributed by atoms with E-state index in [4.69, 9.17) is 14.2 Å². The zero-order valence-corrected chi connectivity index (χ0v) is 17.0. The summed E-state index contributed by atoms with van der Waals surface area (Å²) in [6, 6.07) is 9.14. The molecule has 29 heavy (non-hydrogen) atoms. The van der Waals surface area contributed by atoms with Crippen LogP contribution in [-0.2, 0) is 19.4 Å². The lowest BCUT2D eigenvalue weighted by molar-refractivity contribution is -0.123. The molecule has 2 aromatic carbocycles. The van der Waals surface area contributed by atoms with Crippen molar-refractivity contribution in [3.63, 3.8) is 0 Å². The van der Waals surface area contributed by atoms with Crippen LogP contribution in [0, 0.1) is 6.92 Å². The Hall–Kier alpha value is -3.07. The average Bonchev–Trinajstić information content (AvgIpc) is 2.67. The van der Waals surface area contributed by atoms with Crippen LogP contribution in [0.2, 0.25) is 0 Å². The number of sulfone groups is 1. The van der Waals surface area contributed by atoms with Crippen LogP contribution in [0.25, 0.3) is 0 Å². The number of rotatable bonds is 5. The number of esters is 1. The summed E-state index contributed by atoms with van der Waals surface area (Å²) in [6.45, 7) is 3.97. The van der Waals surface area contributed by atoms with Gasteiger partial charge in [0.05, 0.1) is 10.5 Å². The van der Waals surface area contributed by atoms with Crippen molar-refractivity contribution in [3.8, 4) is 11.5 Å². The molecule has 0 aromatic heterocycles. The number of aryl methyl sites for hydroxylation is 1. The van der Waals surface area contributed by atoms with Crippen molar-refractivity contribution in [2.24, 2.45) is 0 Å². The number of carbonyl (C=O) groups excluding carboxylic acids is 2. The predicted octanol–water partition coefficient (Wildman–Crippen LogP) is 2.35. The van der Waals surface area contributed by atoms with Gasteiger partial charge >= 0.3 is 5.97 Å². The van der Waals surface area contributed by atoms with E-state index in [-0.39, 0.29) is 10.5 Å². The molecule has 154 valence electrons. The highest BCUT2D eigenvalue weighted by Crippen LogP contribution is 2.32. The van der Waals surface area contributed by atoms with E-state index < -0.39 is 27.8 Å². The van der Waals surface area contributed by atoms with E-state index >= 15 is 0 Å². The molecular formula is C20H21NO7S. The summed E-state index contributed by atoms with van der Waals surface area (Å²) in [6.07, 6.45) is -0.0482. The molecule has 1 aliphatic rings. The number of carbonyl (C=O) groups is 2. The quantitative estimate of drug-likeness (QED) is 0.741. The standard InChI is InChI=1S/C20H21NO7S/c1-12-4-6-15(29(3,24)25)11-16(12)20(23)28-13(2)19(22)21-14-5-7-17-18(10-14)27-9-8-26-17/h4-7,10-11,13H,8-9H2,1-3H3,(H,21,22)/t13-/m1/s1. The molecule has 0 saturated heterocycles. The Kier molecular flexibility index (Phi) is 5.78. The zero-order chi connectivity index (χ0) is 21.2. The van der Waals surface area contributed by atoms with Crippen LogP contribution >= 0.6 is 0 Å². The number of hydrogen-bond donors (Lipinski definition) is 1. The smallest absolute Gasteiger partial charge is 0.339 e. The molecular weight excluding hydrogens is 398 g/mol. The van der Waals surface area contributed by atoms with Gasteiger partial charge in [-0.3, -0.25) is 4.79 Å². The molecule has 2 aromatic rings. The summed E-state index contributed by atoms with van der Waals surface area (Å²) in [7, 11) is -3.48. The molecule has 1 aliphatic heterocycles. The molecule has 1 atom stereocenters. The summed E-state index contributed by atoms with van der Waals surface area (Å²) < 4.78 is 39.6. The largest absolute Gasteiger partial charge is 0.486 e. The topological polar surface area (TPSA) is 108 Å². The second-order valence-electron chi connectivity index (χ2n) is 6.64. The normalized spacial score (nSPS) is 14.0.